The number of nitrogens with one attached hydrogen (secondary N) is 1. The highest BCUT2D eigenvalue weighted by atomic mass is 19.1. The van der Waals surface area contributed by atoms with Gasteiger partial charge >= 0.3 is 5.97 Å². The summed E-state index contributed by atoms with van der Waals surface area (Å²) >= 11 is 0. The lowest BCUT2D eigenvalue weighted by Crippen LogP contribution is -2.29. The average Bonchev–Trinajstić information content (AvgIpc) is 3.13. The molecular weight excluding hydrogens is 393 g/mol. The van der Waals surface area contributed by atoms with Gasteiger partial charge in [-0.15, -0.1) is 0 Å². The van der Waals surface area contributed by atoms with Crippen LogP contribution in [0, 0.1) is 5.82 Å². The van der Waals surface area contributed by atoms with E-state index in [4.69, 9.17) is 4.74 Å². The van der Waals surface area contributed by atoms with Crippen molar-refractivity contribution < 1.29 is 13.9 Å². The highest BCUT2D eigenvalue weighted by Crippen LogP contribution is 2.40. The molecule has 0 radical (unpaired) electrons. The summed E-state index contributed by atoms with van der Waals surface area (Å²) in [7, 11) is 0. The monoisotopic (exact) mass is 421 g/mol. The minimum atomic E-state index is -0.655. The maximum Gasteiger partial charge on any atom is 0.338 e. The van der Waals surface area contributed by atoms with Crippen LogP contribution in [0.3, 0.4) is 0 Å². The molecule has 6 heteroatoms. The van der Waals surface area contributed by atoms with Gasteiger partial charge < -0.3 is 10.1 Å². The standard InChI is InChI=1S/C25H28FN3O2/c1-3-4-5-6-11-16-31-24(30)22-17(2)27-25-28-20-14-9-10-15-21(20)29(25)23(22)18-12-7-8-13-19(18)26/h7-10,12-15,23H,3-6,11,16H2,1-2H3,(H,27,28)/t23-/m0/s1. The summed E-state index contributed by atoms with van der Waals surface area (Å²) < 4.78 is 22.5. The first-order valence-electron chi connectivity index (χ1n) is 11.0. The molecule has 0 aliphatic carbocycles. The number of halogens is 1. The van der Waals surface area contributed by atoms with E-state index in [2.05, 4.69) is 17.2 Å². The zero-order valence-electron chi connectivity index (χ0n) is 18.0. The summed E-state index contributed by atoms with van der Waals surface area (Å²) in [5.41, 5.74) is 3.07. The van der Waals surface area contributed by atoms with Gasteiger partial charge in [0.1, 0.15) is 5.82 Å². The van der Waals surface area contributed by atoms with Crippen LogP contribution in [0.1, 0.15) is 57.6 Å². The van der Waals surface area contributed by atoms with Crippen molar-refractivity contribution in [3.05, 3.63) is 71.2 Å². The fourth-order valence-corrected chi connectivity index (χ4v) is 4.17. The molecule has 1 aromatic heterocycles. The van der Waals surface area contributed by atoms with E-state index in [1.54, 1.807) is 18.2 Å². The summed E-state index contributed by atoms with van der Waals surface area (Å²) in [4.78, 5) is 17.8. The number of anilines is 1. The molecule has 0 saturated carbocycles. The Kier molecular flexibility index (Phi) is 6.35. The van der Waals surface area contributed by atoms with Gasteiger partial charge in [-0.2, -0.15) is 0 Å². The Morgan fingerprint density at radius 1 is 1.10 bits per heavy atom. The fourth-order valence-electron chi connectivity index (χ4n) is 4.17. The third-order valence-corrected chi connectivity index (χ3v) is 5.73. The second kappa shape index (κ2) is 9.33. The third kappa shape index (κ3) is 4.20. The number of imidazole rings is 1. The number of unbranched alkanes of at least 4 members (excludes halogenated alkanes) is 4. The van der Waals surface area contributed by atoms with Gasteiger partial charge in [-0.1, -0.05) is 62.9 Å². The first-order valence-corrected chi connectivity index (χ1v) is 11.0. The molecule has 0 fully saturated rings. The van der Waals surface area contributed by atoms with E-state index >= 15 is 0 Å². The number of hydrogen-bond acceptors (Lipinski definition) is 4. The molecule has 0 unspecified atom stereocenters. The van der Waals surface area contributed by atoms with Crippen molar-refractivity contribution in [2.24, 2.45) is 0 Å². The normalized spacial score (nSPS) is 15.6. The fraction of sp³-hybridized carbons (Fsp3) is 0.360. The van der Waals surface area contributed by atoms with Gasteiger partial charge in [0.15, 0.2) is 0 Å². The second-order valence-electron chi connectivity index (χ2n) is 7.93. The topological polar surface area (TPSA) is 56.1 Å². The zero-order valence-corrected chi connectivity index (χ0v) is 18.0. The largest absolute Gasteiger partial charge is 0.462 e. The predicted octanol–water partition coefficient (Wildman–Crippen LogP) is 5.98. The van der Waals surface area contributed by atoms with E-state index in [-0.39, 0.29) is 5.82 Å². The van der Waals surface area contributed by atoms with E-state index in [1.807, 2.05) is 35.8 Å². The van der Waals surface area contributed by atoms with E-state index in [1.165, 1.54) is 18.9 Å². The van der Waals surface area contributed by atoms with Gasteiger partial charge in [-0.3, -0.25) is 4.57 Å². The maximum absolute atomic E-state index is 14.9. The molecule has 162 valence electrons. The Morgan fingerprint density at radius 2 is 1.84 bits per heavy atom. The van der Waals surface area contributed by atoms with Crippen molar-refractivity contribution in [3.63, 3.8) is 0 Å². The number of rotatable bonds is 8. The number of esters is 1. The number of para-hydroxylation sites is 2. The van der Waals surface area contributed by atoms with Crippen LogP contribution in [0.5, 0.6) is 0 Å². The molecule has 4 rings (SSSR count). The van der Waals surface area contributed by atoms with Crippen molar-refractivity contribution in [1.29, 1.82) is 0 Å². The number of benzene rings is 2. The smallest absolute Gasteiger partial charge is 0.338 e. The van der Waals surface area contributed by atoms with Crippen molar-refractivity contribution in [3.8, 4) is 0 Å². The second-order valence-corrected chi connectivity index (χ2v) is 7.93. The minimum Gasteiger partial charge on any atom is -0.462 e. The molecule has 1 aliphatic rings. The molecule has 5 nitrogen and oxygen atoms in total. The third-order valence-electron chi connectivity index (χ3n) is 5.73. The summed E-state index contributed by atoms with van der Waals surface area (Å²) in [5.74, 6) is -0.198. The van der Waals surface area contributed by atoms with E-state index in [0.29, 0.717) is 29.4 Å². The molecule has 0 amide bonds. The van der Waals surface area contributed by atoms with Crippen molar-refractivity contribution >= 4 is 23.0 Å². The number of carbonyl (C=O) groups excluding carboxylic acids is 1. The predicted molar refractivity (Wildman–Crippen MR) is 120 cm³/mol. The van der Waals surface area contributed by atoms with Gasteiger partial charge in [-0.25, -0.2) is 14.2 Å². The first-order chi connectivity index (χ1) is 15.1. The molecule has 1 N–H and O–H groups in total. The highest BCUT2D eigenvalue weighted by Gasteiger charge is 2.36. The van der Waals surface area contributed by atoms with E-state index in [9.17, 15) is 9.18 Å². The summed E-state index contributed by atoms with van der Waals surface area (Å²) in [5, 5.41) is 3.23. The maximum atomic E-state index is 14.9. The summed E-state index contributed by atoms with van der Waals surface area (Å²) in [6.07, 6.45) is 5.36. The molecule has 2 heterocycles. The quantitative estimate of drug-likeness (QED) is 0.359. The molecule has 2 aromatic carbocycles. The lowest BCUT2D eigenvalue weighted by Gasteiger charge is -2.30. The summed E-state index contributed by atoms with van der Waals surface area (Å²) in [6, 6.07) is 13.6. The molecule has 0 spiro atoms. The lowest BCUT2D eigenvalue weighted by molar-refractivity contribution is -0.139. The molecule has 0 saturated heterocycles. The van der Waals surface area contributed by atoms with Gasteiger partial charge in [0.2, 0.25) is 5.95 Å². The van der Waals surface area contributed by atoms with Gasteiger partial charge in [0.05, 0.1) is 29.3 Å². The number of nitrogens with zero attached hydrogens (tertiary/aromatic N) is 2. The Hall–Kier alpha value is -3.15. The van der Waals surface area contributed by atoms with Crippen molar-refractivity contribution in [2.45, 2.75) is 52.0 Å². The SMILES string of the molecule is CCCCCCCOC(=O)C1=C(C)Nc2nc3ccccc3n2[C@H]1c1ccccc1F. The van der Waals surface area contributed by atoms with Crippen molar-refractivity contribution in [1.82, 2.24) is 9.55 Å². The molecule has 31 heavy (non-hydrogen) atoms. The van der Waals surface area contributed by atoms with Crippen LogP contribution >= 0.6 is 0 Å². The molecule has 0 bridgehead atoms. The van der Waals surface area contributed by atoms with Crippen LogP contribution in [-0.2, 0) is 9.53 Å². The number of hydrogen-bond donors (Lipinski definition) is 1. The zero-order chi connectivity index (χ0) is 21.8. The van der Waals surface area contributed by atoms with Gasteiger partial charge in [0, 0.05) is 11.3 Å². The molecule has 1 aliphatic heterocycles. The van der Waals surface area contributed by atoms with Crippen LogP contribution in [-0.4, -0.2) is 22.1 Å². The van der Waals surface area contributed by atoms with E-state index in [0.717, 1.165) is 30.3 Å². The van der Waals surface area contributed by atoms with Crippen LogP contribution in [0.4, 0.5) is 10.3 Å². The summed E-state index contributed by atoms with van der Waals surface area (Å²) in [6.45, 7) is 4.34. The minimum absolute atomic E-state index is 0.362. The van der Waals surface area contributed by atoms with Crippen LogP contribution in [0.15, 0.2) is 59.8 Å². The Balaban J connectivity index is 1.70. The highest BCUT2D eigenvalue weighted by molar-refractivity contribution is 5.94. The molecule has 1 atom stereocenters. The van der Waals surface area contributed by atoms with Crippen LogP contribution in [0.2, 0.25) is 0 Å². The Labute approximate surface area is 181 Å². The van der Waals surface area contributed by atoms with E-state index < -0.39 is 12.0 Å². The first kappa shape index (κ1) is 21.1. The number of ether oxygens (including phenoxy) is 1. The Bertz CT molecular complexity index is 1120. The van der Waals surface area contributed by atoms with Crippen LogP contribution < -0.4 is 5.32 Å². The average molecular weight is 422 g/mol. The number of allylic oxidation sites excluding steroid dienone is 1. The lowest BCUT2D eigenvalue weighted by atomic mass is 9.94. The van der Waals surface area contributed by atoms with Gasteiger partial charge in [-0.05, 0) is 31.5 Å². The van der Waals surface area contributed by atoms with Gasteiger partial charge in [0.25, 0.3) is 0 Å². The number of fused-ring (bicyclic) bond motifs is 3. The number of carbonyl (C=O) groups is 1. The molecule has 3 aromatic rings. The number of aromatic nitrogens is 2. The van der Waals surface area contributed by atoms with Crippen LogP contribution in [0.25, 0.3) is 11.0 Å². The Morgan fingerprint density at radius 3 is 2.65 bits per heavy atom. The van der Waals surface area contributed by atoms with Crippen molar-refractivity contribution in [2.75, 3.05) is 11.9 Å². The molecular formula is C25H28FN3O2.